The van der Waals surface area contributed by atoms with Gasteiger partial charge in [0.1, 0.15) is 0 Å². The largest absolute Gasteiger partial charge is 0.388 e. The number of nitrogens with two attached hydrogens (primary N) is 1. The Morgan fingerprint density at radius 2 is 2.31 bits per heavy atom. The molecule has 2 nitrogen and oxygen atoms in total. The Morgan fingerprint density at radius 1 is 1.54 bits per heavy atom. The highest BCUT2D eigenvalue weighted by molar-refractivity contribution is 5.42. The van der Waals surface area contributed by atoms with Gasteiger partial charge in [-0.2, -0.15) is 0 Å². The van der Waals surface area contributed by atoms with Crippen LogP contribution in [0.2, 0.25) is 0 Å². The zero-order valence-electron chi connectivity index (χ0n) is 7.83. The molecule has 0 saturated carbocycles. The van der Waals surface area contributed by atoms with E-state index >= 15 is 0 Å². The Kier molecular flexibility index (Phi) is 2.10. The smallest absolute Gasteiger partial charge is 0.0799 e. The maximum Gasteiger partial charge on any atom is 0.0799 e. The lowest BCUT2D eigenvalue weighted by Gasteiger charge is -2.10. The molecule has 2 atom stereocenters. The quantitative estimate of drug-likeness (QED) is 0.682. The summed E-state index contributed by atoms with van der Waals surface area (Å²) in [6.45, 7) is 2.72. The minimum absolute atomic E-state index is 0.302. The van der Waals surface area contributed by atoms with E-state index in [1.807, 2.05) is 12.1 Å². The first-order valence-corrected chi connectivity index (χ1v) is 4.71. The summed E-state index contributed by atoms with van der Waals surface area (Å²) in [6.07, 6.45) is 0.486. The van der Waals surface area contributed by atoms with E-state index in [4.69, 9.17) is 5.73 Å². The number of fused-ring (bicyclic) bond motifs is 1. The molecule has 0 bridgehead atoms. The summed E-state index contributed by atoms with van der Waals surface area (Å²) in [6, 6.07) is 6.08. The van der Waals surface area contributed by atoms with Gasteiger partial charge in [-0.3, -0.25) is 0 Å². The number of aliphatic hydroxyl groups excluding tert-OH is 1. The summed E-state index contributed by atoms with van der Waals surface area (Å²) in [4.78, 5) is 0. The lowest BCUT2D eigenvalue weighted by Crippen LogP contribution is -2.10. The predicted molar refractivity (Wildman–Crippen MR) is 52.6 cm³/mol. The fraction of sp³-hybridized carbons (Fsp3) is 0.455. The Bertz CT molecular complexity index is 322. The molecule has 1 aliphatic carbocycles. The van der Waals surface area contributed by atoms with E-state index in [2.05, 4.69) is 13.0 Å². The van der Waals surface area contributed by atoms with E-state index in [1.54, 1.807) is 0 Å². The van der Waals surface area contributed by atoms with Crippen molar-refractivity contribution in [1.29, 1.82) is 0 Å². The molecule has 1 aromatic rings. The standard InChI is InChI=1S/C11H15NO/c1-7-3-2-4-9-10(13)5-8(6-12)11(7)9/h2-4,8,10,13H,5-6,12H2,1H3. The number of benzene rings is 1. The molecule has 0 spiro atoms. The van der Waals surface area contributed by atoms with Gasteiger partial charge in [-0.15, -0.1) is 0 Å². The van der Waals surface area contributed by atoms with Crippen LogP contribution in [0.5, 0.6) is 0 Å². The van der Waals surface area contributed by atoms with E-state index in [0.717, 1.165) is 12.0 Å². The van der Waals surface area contributed by atoms with Crippen LogP contribution >= 0.6 is 0 Å². The van der Waals surface area contributed by atoms with Crippen LogP contribution < -0.4 is 5.73 Å². The van der Waals surface area contributed by atoms with Gasteiger partial charge in [-0.1, -0.05) is 18.2 Å². The normalized spacial score (nSPS) is 26.1. The molecule has 0 aliphatic heterocycles. The number of hydrogen-bond donors (Lipinski definition) is 2. The topological polar surface area (TPSA) is 46.2 Å². The first-order chi connectivity index (χ1) is 6.24. The molecule has 2 rings (SSSR count). The number of rotatable bonds is 1. The van der Waals surface area contributed by atoms with Crippen LogP contribution in [0, 0.1) is 6.92 Å². The van der Waals surface area contributed by atoms with E-state index in [1.165, 1.54) is 11.1 Å². The summed E-state index contributed by atoms with van der Waals surface area (Å²) in [7, 11) is 0. The maximum absolute atomic E-state index is 9.75. The number of hydrogen-bond acceptors (Lipinski definition) is 2. The monoisotopic (exact) mass is 177 g/mol. The summed E-state index contributed by atoms with van der Waals surface area (Å²) in [5.74, 6) is 0.353. The third kappa shape index (κ3) is 1.26. The van der Waals surface area contributed by atoms with Crippen LogP contribution in [0.3, 0.4) is 0 Å². The maximum atomic E-state index is 9.75. The Labute approximate surface area is 78.4 Å². The molecular weight excluding hydrogens is 162 g/mol. The predicted octanol–water partition coefficient (Wildman–Crippen LogP) is 1.47. The molecule has 0 saturated heterocycles. The van der Waals surface area contributed by atoms with Crippen molar-refractivity contribution in [3.8, 4) is 0 Å². The summed E-state index contributed by atoms with van der Waals surface area (Å²) in [5.41, 5.74) is 9.28. The first kappa shape index (κ1) is 8.73. The van der Waals surface area contributed by atoms with Crippen LogP contribution in [-0.4, -0.2) is 11.7 Å². The van der Waals surface area contributed by atoms with Gasteiger partial charge in [0.15, 0.2) is 0 Å². The minimum Gasteiger partial charge on any atom is -0.388 e. The molecule has 70 valence electrons. The average Bonchev–Trinajstić information content (AvgIpc) is 2.45. The second-order valence-corrected chi connectivity index (χ2v) is 3.76. The van der Waals surface area contributed by atoms with E-state index in [9.17, 15) is 5.11 Å². The third-order valence-electron chi connectivity index (χ3n) is 2.92. The Morgan fingerprint density at radius 3 is 3.00 bits per heavy atom. The van der Waals surface area contributed by atoms with Crippen molar-refractivity contribution in [1.82, 2.24) is 0 Å². The highest BCUT2D eigenvalue weighted by Crippen LogP contribution is 2.40. The van der Waals surface area contributed by atoms with E-state index < -0.39 is 0 Å². The lowest BCUT2D eigenvalue weighted by atomic mass is 9.97. The van der Waals surface area contributed by atoms with Crippen LogP contribution in [0.4, 0.5) is 0 Å². The molecule has 0 aromatic heterocycles. The van der Waals surface area contributed by atoms with E-state index in [0.29, 0.717) is 12.5 Å². The van der Waals surface area contributed by atoms with Gasteiger partial charge < -0.3 is 10.8 Å². The fourth-order valence-corrected chi connectivity index (χ4v) is 2.28. The van der Waals surface area contributed by atoms with Gasteiger partial charge in [0, 0.05) is 0 Å². The summed E-state index contributed by atoms with van der Waals surface area (Å²) < 4.78 is 0. The van der Waals surface area contributed by atoms with Crippen molar-refractivity contribution in [2.75, 3.05) is 6.54 Å². The van der Waals surface area contributed by atoms with Gasteiger partial charge in [0.25, 0.3) is 0 Å². The van der Waals surface area contributed by atoms with Gasteiger partial charge in [0.2, 0.25) is 0 Å². The highest BCUT2D eigenvalue weighted by atomic mass is 16.3. The van der Waals surface area contributed by atoms with Gasteiger partial charge in [-0.05, 0) is 42.5 Å². The molecule has 1 aromatic carbocycles. The first-order valence-electron chi connectivity index (χ1n) is 4.71. The molecular formula is C11H15NO. The molecule has 0 amide bonds. The number of aliphatic hydroxyl groups is 1. The Hall–Kier alpha value is -0.860. The SMILES string of the molecule is Cc1cccc2c1C(CN)CC2O. The summed E-state index contributed by atoms with van der Waals surface area (Å²) in [5, 5.41) is 9.75. The van der Waals surface area contributed by atoms with Crippen molar-refractivity contribution in [2.24, 2.45) is 5.73 Å². The molecule has 2 unspecified atom stereocenters. The second-order valence-electron chi connectivity index (χ2n) is 3.76. The van der Waals surface area contributed by atoms with Crippen LogP contribution in [-0.2, 0) is 0 Å². The summed E-state index contributed by atoms with van der Waals surface area (Å²) >= 11 is 0. The Balaban J connectivity index is 2.52. The number of aryl methyl sites for hydroxylation is 1. The van der Waals surface area contributed by atoms with Gasteiger partial charge >= 0.3 is 0 Å². The zero-order chi connectivity index (χ0) is 9.42. The molecule has 0 radical (unpaired) electrons. The highest BCUT2D eigenvalue weighted by Gasteiger charge is 2.29. The lowest BCUT2D eigenvalue weighted by molar-refractivity contribution is 0.173. The molecule has 0 heterocycles. The fourth-order valence-electron chi connectivity index (χ4n) is 2.28. The minimum atomic E-state index is -0.302. The molecule has 1 aliphatic rings. The molecule has 3 N–H and O–H groups in total. The third-order valence-corrected chi connectivity index (χ3v) is 2.92. The van der Waals surface area contributed by atoms with Crippen molar-refractivity contribution in [3.05, 3.63) is 34.9 Å². The zero-order valence-corrected chi connectivity index (χ0v) is 7.83. The second kappa shape index (κ2) is 3.13. The van der Waals surface area contributed by atoms with Crippen molar-refractivity contribution in [3.63, 3.8) is 0 Å². The molecule has 2 heteroatoms. The van der Waals surface area contributed by atoms with Crippen molar-refractivity contribution >= 4 is 0 Å². The average molecular weight is 177 g/mol. The van der Waals surface area contributed by atoms with E-state index in [-0.39, 0.29) is 6.10 Å². The van der Waals surface area contributed by atoms with Crippen molar-refractivity contribution in [2.45, 2.75) is 25.4 Å². The van der Waals surface area contributed by atoms with Gasteiger partial charge in [0.05, 0.1) is 6.10 Å². The van der Waals surface area contributed by atoms with Crippen LogP contribution in [0.1, 0.15) is 35.1 Å². The molecule has 0 fully saturated rings. The van der Waals surface area contributed by atoms with Crippen LogP contribution in [0.15, 0.2) is 18.2 Å². The van der Waals surface area contributed by atoms with Crippen molar-refractivity contribution < 1.29 is 5.11 Å². The van der Waals surface area contributed by atoms with Crippen LogP contribution in [0.25, 0.3) is 0 Å². The molecule has 13 heavy (non-hydrogen) atoms. The van der Waals surface area contributed by atoms with Gasteiger partial charge in [-0.25, -0.2) is 0 Å².